The molecule has 0 saturated heterocycles. The molecular formula is C19H19NO. The average Bonchev–Trinajstić information content (AvgIpc) is 3.08. The molecule has 1 aromatic heterocycles. The van der Waals surface area contributed by atoms with Gasteiger partial charge in [0, 0.05) is 6.54 Å². The van der Waals surface area contributed by atoms with E-state index in [-0.39, 0.29) is 6.04 Å². The van der Waals surface area contributed by atoms with Crippen molar-refractivity contribution < 1.29 is 4.42 Å². The topological polar surface area (TPSA) is 25.2 Å². The average molecular weight is 277 g/mol. The van der Waals surface area contributed by atoms with Gasteiger partial charge >= 0.3 is 0 Å². The predicted octanol–water partition coefficient (Wildman–Crippen LogP) is 4.80. The molecule has 0 unspecified atom stereocenters. The molecule has 3 aromatic rings. The lowest BCUT2D eigenvalue weighted by Crippen LogP contribution is -2.17. The fraction of sp³-hybridized carbons (Fsp3) is 0.158. The molecule has 0 aliphatic heterocycles. The van der Waals surface area contributed by atoms with Gasteiger partial charge in [0.15, 0.2) is 0 Å². The van der Waals surface area contributed by atoms with Crippen molar-refractivity contribution in [2.75, 3.05) is 0 Å². The highest BCUT2D eigenvalue weighted by Gasteiger charge is 2.07. The number of rotatable bonds is 5. The van der Waals surface area contributed by atoms with Crippen LogP contribution in [0.5, 0.6) is 0 Å². The third-order valence-electron chi connectivity index (χ3n) is 3.64. The Morgan fingerprint density at radius 2 is 1.57 bits per heavy atom. The Morgan fingerprint density at radius 3 is 2.24 bits per heavy atom. The maximum Gasteiger partial charge on any atom is 0.120 e. The van der Waals surface area contributed by atoms with Gasteiger partial charge in [0.2, 0.25) is 0 Å². The van der Waals surface area contributed by atoms with E-state index >= 15 is 0 Å². The van der Waals surface area contributed by atoms with Gasteiger partial charge in [-0.15, -0.1) is 0 Å². The van der Waals surface area contributed by atoms with E-state index in [4.69, 9.17) is 4.42 Å². The van der Waals surface area contributed by atoms with Gasteiger partial charge in [0.25, 0.3) is 0 Å². The lowest BCUT2D eigenvalue weighted by Gasteiger charge is -2.11. The molecule has 0 aliphatic rings. The molecule has 21 heavy (non-hydrogen) atoms. The van der Waals surface area contributed by atoms with Gasteiger partial charge in [-0.25, -0.2) is 0 Å². The second kappa shape index (κ2) is 6.42. The molecule has 0 aliphatic carbocycles. The molecule has 0 fully saturated rings. The smallest absolute Gasteiger partial charge is 0.120 e. The van der Waals surface area contributed by atoms with E-state index in [1.165, 1.54) is 16.7 Å². The van der Waals surface area contributed by atoms with Crippen LogP contribution in [-0.2, 0) is 6.54 Å². The zero-order valence-corrected chi connectivity index (χ0v) is 12.1. The highest BCUT2D eigenvalue weighted by atomic mass is 16.3. The summed E-state index contributed by atoms with van der Waals surface area (Å²) in [4.78, 5) is 0. The minimum absolute atomic E-state index is 0.216. The maximum absolute atomic E-state index is 5.40. The summed E-state index contributed by atoms with van der Waals surface area (Å²) in [5.74, 6) is 0.968. The molecule has 0 saturated carbocycles. The molecule has 0 spiro atoms. The normalized spacial score (nSPS) is 12.2. The van der Waals surface area contributed by atoms with Crippen LogP contribution in [0.15, 0.2) is 77.4 Å². The first-order chi connectivity index (χ1) is 10.3. The van der Waals surface area contributed by atoms with E-state index in [1.54, 1.807) is 6.26 Å². The monoisotopic (exact) mass is 277 g/mol. The van der Waals surface area contributed by atoms with Gasteiger partial charge in [-0.1, -0.05) is 54.6 Å². The Balaban J connectivity index is 1.62. The maximum atomic E-state index is 5.40. The molecule has 106 valence electrons. The summed E-state index contributed by atoms with van der Waals surface area (Å²) in [5.41, 5.74) is 3.77. The lowest BCUT2D eigenvalue weighted by molar-refractivity contribution is 0.430. The molecule has 0 bridgehead atoms. The quantitative estimate of drug-likeness (QED) is 0.725. The van der Waals surface area contributed by atoms with Gasteiger partial charge < -0.3 is 9.73 Å². The van der Waals surface area contributed by atoms with E-state index in [0.717, 1.165) is 12.3 Å². The molecule has 2 heteroatoms. The van der Waals surface area contributed by atoms with Crippen molar-refractivity contribution in [1.29, 1.82) is 0 Å². The minimum Gasteiger partial charge on any atom is -0.468 e. The van der Waals surface area contributed by atoms with E-state index in [2.05, 4.69) is 60.8 Å². The molecule has 1 atom stereocenters. The van der Waals surface area contributed by atoms with Crippen LogP contribution in [0.25, 0.3) is 11.1 Å². The summed E-state index contributed by atoms with van der Waals surface area (Å²) in [5, 5.41) is 3.47. The van der Waals surface area contributed by atoms with Crippen molar-refractivity contribution in [2.45, 2.75) is 19.5 Å². The Labute approximate surface area is 125 Å². The fourth-order valence-corrected chi connectivity index (χ4v) is 2.35. The number of hydrogen-bond acceptors (Lipinski definition) is 2. The molecule has 1 heterocycles. The molecule has 2 nitrogen and oxygen atoms in total. The zero-order valence-electron chi connectivity index (χ0n) is 12.1. The van der Waals surface area contributed by atoms with Crippen LogP contribution in [-0.4, -0.2) is 0 Å². The van der Waals surface area contributed by atoms with Crippen molar-refractivity contribution in [3.05, 3.63) is 84.3 Å². The van der Waals surface area contributed by atoms with Gasteiger partial charge in [-0.3, -0.25) is 0 Å². The summed E-state index contributed by atoms with van der Waals surface area (Å²) in [6, 6.07) is 23.2. The van der Waals surface area contributed by atoms with Gasteiger partial charge in [-0.05, 0) is 35.7 Å². The van der Waals surface area contributed by atoms with Crippen molar-refractivity contribution in [3.8, 4) is 11.1 Å². The standard InChI is InChI=1S/C19H19NO/c1-15(19-8-5-13-21-19)20-14-16-9-11-18(12-10-16)17-6-3-2-4-7-17/h2-13,15,20H,14H2,1H3/t15-/m1/s1. The Morgan fingerprint density at radius 1 is 0.857 bits per heavy atom. The van der Waals surface area contributed by atoms with Gasteiger partial charge in [-0.2, -0.15) is 0 Å². The summed E-state index contributed by atoms with van der Waals surface area (Å²) in [6.07, 6.45) is 1.71. The fourth-order valence-electron chi connectivity index (χ4n) is 2.35. The van der Waals surface area contributed by atoms with E-state index in [1.807, 2.05) is 18.2 Å². The minimum atomic E-state index is 0.216. The number of benzene rings is 2. The third-order valence-corrected chi connectivity index (χ3v) is 3.64. The zero-order chi connectivity index (χ0) is 14.5. The molecular weight excluding hydrogens is 258 g/mol. The largest absolute Gasteiger partial charge is 0.468 e. The first-order valence-electron chi connectivity index (χ1n) is 7.24. The summed E-state index contributed by atoms with van der Waals surface area (Å²) >= 11 is 0. The molecule has 1 N–H and O–H groups in total. The molecule has 0 radical (unpaired) electrons. The highest BCUT2D eigenvalue weighted by molar-refractivity contribution is 5.63. The van der Waals surface area contributed by atoms with Crippen LogP contribution < -0.4 is 5.32 Å². The molecule has 2 aromatic carbocycles. The van der Waals surface area contributed by atoms with Crippen molar-refractivity contribution in [3.63, 3.8) is 0 Å². The molecule has 0 amide bonds. The number of hydrogen-bond donors (Lipinski definition) is 1. The van der Waals surface area contributed by atoms with Crippen molar-refractivity contribution in [1.82, 2.24) is 5.32 Å². The van der Waals surface area contributed by atoms with E-state index in [9.17, 15) is 0 Å². The SMILES string of the molecule is C[C@@H](NCc1ccc(-c2ccccc2)cc1)c1ccco1. The third kappa shape index (κ3) is 3.41. The van der Waals surface area contributed by atoms with Crippen LogP contribution >= 0.6 is 0 Å². The van der Waals surface area contributed by atoms with Crippen LogP contribution in [0.1, 0.15) is 24.3 Å². The van der Waals surface area contributed by atoms with Crippen molar-refractivity contribution in [2.24, 2.45) is 0 Å². The Kier molecular flexibility index (Phi) is 4.17. The molecule has 3 rings (SSSR count). The second-order valence-corrected chi connectivity index (χ2v) is 5.18. The number of nitrogens with one attached hydrogen (secondary N) is 1. The highest BCUT2D eigenvalue weighted by Crippen LogP contribution is 2.19. The first kappa shape index (κ1) is 13.7. The second-order valence-electron chi connectivity index (χ2n) is 5.18. The summed E-state index contributed by atoms with van der Waals surface area (Å²) in [6.45, 7) is 2.94. The Bertz CT molecular complexity index is 657. The van der Waals surface area contributed by atoms with Crippen LogP contribution in [0.4, 0.5) is 0 Å². The van der Waals surface area contributed by atoms with Crippen LogP contribution in [0.2, 0.25) is 0 Å². The number of furan rings is 1. The first-order valence-corrected chi connectivity index (χ1v) is 7.24. The summed E-state index contributed by atoms with van der Waals surface area (Å²) < 4.78 is 5.40. The summed E-state index contributed by atoms with van der Waals surface area (Å²) in [7, 11) is 0. The van der Waals surface area contributed by atoms with Crippen LogP contribution in [0, 0.1) is 0 Å². The van der Waals surface area contributed by atoms with Gasteiger partial charge in [0.05, 0.1) is 12.3 Å². The predicted molar refractivity (Wildman–Crippen MR) is 85.8 cm³/mol. The van der Waals surface area contributed by atoms with Gasteiger partial charge in [0.1, 0.15) is 5.76 Å². The lowest BCUT2D eigenvalue weighted by atomic mass is 10.0. The van der Waals surface area contributed by atoms with E-state index < -0.39 is 0 Å². The van der Waals surface area contributed by atoms with E-state index in [0.29, 0.717) is 0 Å². The van der Waals surface area contributed by atoms with Crippen molar-refractivity contribution >= 4 is 0 Å². The van der Waals surface area contributed by atoms with Crippen LogP contribution in [0.3, 0.4) is 0 Å². The Hall–Kier alpha value is -2.32.